The van der Waals surface area contributed by atoms with Crippen molar-refractivity contribution in [1.82, 2.24) is 15.1 Å². The molecule has 0 saturated carbocycles. The fourth-order valence-corrected chi connectivity index (χ4v) is 2.67. The molecule has 0 unspecified atom stereocenters. The third kappa shape index (κ3) is 4.59. The lowest BCUT2D eigenvalue weighted by atomic mass is 10.1. The van der Waals surface area contributed by atoms with Crippen LogP contribution in [0.25, 0.3) is 0 Å². The molecule has 0 aliphatic carbocycles. The molecular weight excluding hydrogens is 318 g/mol. The van der Waals surface area contributed by atoms with Gasteiger partial charge in [-0.05, 0) is 24.6 Å². The van der Waals surface area contributed by atoms with Crippen LogP contribution in [0.5, 0.6) is 0 Å². The van der Waals surface area contributed by atoms with Gasteiger partial charge in [0.1, 0.15) is 12.1 Å². The molecule has 1 heterocycles. The number of morpholine rings is 1. The molecule has 7 heteroatoms. The molecule has 1 fully saturated rings. The number of hydrogen-bond donors (Lipinski definition) is 1. The smallest absolute Gasteiger partial charge is 0.318 e. The quantitative estimate of drug-likeness (QED) is 0.915. The monoisotopic (exact) mass is 339 g/mol. The molecule has 0 aromatic heterocycles. The summed E-state index contributed by atoms with van der Waals surface area (Å²) in [6.45, 7) is 3.04. The fourth-order valence-electron chi connectivity index (χ4n) is 2.47. The van der Waals surface area contributed by atoms with Crippen LogP contribution in [0.1, 0.15) is 18.6 Å². The zero-order valence-corrected chi connectivity index (χ0v) is 14.3. The highest BCUT2D eigenvalue weighted by Gasteiger charge is 2.27. The topological polar surface area (TPSA) is 61.9 Å². The number of amides is 3. The second-order valence-corrected chi connectivity index (χ2v) is 6.20. The molecular formula is C16H22ClN3O3. The molecule has 6 nitrogen and oxygen atoms in total. The van der Waals surface area contributed by atoms with Crippen LogP contribution in [0.3, 0.4) is 0 Å². The van der Waals surface area contributed by atoms with Crippen LogP contribution in [-0.4, -0.2) is 61.6 Å². The minimum absolute atomic E-state index is 0.141. The number of carbonyl (C=O) groups is 2. The highest BCUT2D eigenvalue weighted by Crippen LogP contribution is 2.24. The van der Waals surface area contributed by atoms with Crippen LogP contribution in [0.15, 0.2) is 24.3 Å². The van der Waals surface area contributed by atoms with Gasteiger partial charge < -0.3 is 19.9 Å². The lowest BCUT2D eigenvalue weighted by Gasteiger charge is -2.34. The highest BCUT2D eigenvalue weighted by molar-refractivity contribution is 6.30. The Morgan fingerprint density at radius 2 is 2.17 bits per heavy atom. The van der Waals surface area contributed by atoms with Crippen molar-refractivity contribution in [2.24, 2.45) is 0 Å². The maximum Gasteiger partial charge on any atom is 0.318 e. The maximum absolute atomic E-state index is 12.3. The van der Waals surface area contributed by atoms with Gasteiger partial charge in [-0.3, -0.25) is 4.79 Å². The fraction of sp³-hybridized carbons (Fsp3) is 0.500. The molecule has 0 spiro atoms. The van der Waals surface area contributed by atoms with Crippen LogP contribution in [0.4, 0.5) is 4.79 Å². The van der Waals surface area contributed by atoms with Crippen molar-refractivity contribution in [3.05, 3.63) is 34.9 Å². The largest absolute Gasteiger partial charge is 0.370 e. The van der Waals surface area contributed by atoms with Crippen LogP contribution < -0.4 is 5.32 Å². The number of carbonyl (C=O) groups excluding carboxylic acids is 2. The number of rotatable bonds is 3. The van der Waals surface area contributed by atoms with E-state index in [1.165, 1.54) is 4.90 Å². The Morgan fingerprint density at radius 3 is 2.83 bits per heavy atom. The average molecular weight is 340 g/mol. The minimum Gasteiger partial charge on any atom is -0.370 e. The molecule has 1 saturated heterocycles. The van der Waals surface area contributed by atoms with E-state index < -0.39 is 6.04 Å². The zero-order valence-electron chi connectivity index (χ0n) is 13.6. The van der Waals surface area contributed by atoms with Crippen molar-refractivity contribution in [1.29, 1.82) is 0 Å². The number of ether oxygens (including phenoxy) is 1. The molecule has 23 heavy (non-hydrogen) atoms. The zero-order chi connectivity index (χ0) is 17.0. The van der Waals surface area contributed by atoms with Gasteiger partial charge in [0.25, 0.3) is 0 Å². The summed E-state index contributed by atoms with van der Waals surface area (Å²) >= 11 is 6.01. The Balaban J connectivity index is 1.98. The molecule has 1 aromatic rings. The Hall–Kier alpha value is -1.79. The van der Waals surface area contributed by atoms with Gasteiger partial charge in [0.05, 0.1) is 13.2 Å². The predicted molar refractivity (Wildman–Crippen MR) is 88.4 cm³/mol. The van der Waals surface area contributed by atoms with Gasteiger partial charge in [0, 0.05) is 25.7 Å². The van der Waals surface area contributed by atoms with Crippen molar-refractivity contribution in [2.75, 3.05) is 33.8 Å². The molecule has 1 N–H and O–H groups in total. The van der Waals surface area contributed by atoms with Crippen molar-refractivity contribution in [3.8, 4) is 0 Å². The summed E-state index contributed by atoms with van der Waals surface area (Å²) in [5, 5.41) is 3.37. The van der Waals surface area contributed by atoms with E-state index in [-0.39, 0.29) is 18.0 Å². The van der Waals surface area contributed by atoms with Gasteiger partial charge in [0.15, 0.2) is 0 Å². The molecule has 0 bridgehead atoms. The van der Waals surface area contributed by atoms with Gasteiger partial charge in [-0.15, -0.1) is 0 Å². The summed E-state index contributed by atoms with van der Waals surface area (Å²) in [6.07, 6.45) is -0.215. The summed E-state index contributed by atoms with van der Waals surface area (Å²) in [5.41, 5.74) is 0.937. The van der Waals surface area contributed by atoms with E-state index in [0.717, 1.165) is 5.56 Å². The Morgan fingerprint density at radius 1 is 1.43 bits per heavy atom. The second-order valence-electron chi connectivity index (χ2n) is 5.76. The van der Waals surface area contributed by atoms with E-state index in [9.17, 15) is 9.59 Å². The van der Waals surface area contributed by atoms with Gasteiger partial charge in [0.2, 0.25) is 5.91 Å². The first-order valence-corrected chi connectivity index (χ1v) is 7.90. The summed E-state index contributed by atoms with van der Waals surface area (Å²) in [7, 11) is 3.32. The number of nitrogens with zero attached hydrogens (tertiary/aromatic N) is 2. The molecule has 126 valence electrons. The molecule has 3 amide bonds. The summed E-state index contributed by atoms with van der Waals surface area (Å²) in [4.78, 5) is 27.3. The number of benzene rings is 1. The normalized spacial score (nSPS) is 19.1. The van der Waals surface area contributed by atoms with E-state index in [1.807, 2.05) is 18.2 Å². The first-order valence-electron chi connectivity index (χ1n) is 7.52. The molecule has 2 rings (SSSR count). The highest BCUT2D eigenvalue weighted by atomic mass is 35.5. The molecule has 0 radical (unpaired) electrons. The van der Waals surface area contributed by atoms with E-state index in [4.69, 9.17) is 16.3 Å². The van der Waals surface area contributed by atoms with Gasteiger partial charge >= 0.3 is 6.03 Å². The van der Waals surface area contributed by atoms with E-state index >= 15 is 0 Å². The Bertz CT molecular complexity index is 579. The van der Waals surface area contributed by atoms with Crippen LogP contribution >= 0.6 is 11.6 Å². The third-order valence-electron chi connectivity index (χ3n) is 3.73. The van der Waals surface area contributed by atoms with E-state index in [0.29, 0.717) is 24.7 Å². The molecule has 1 aromatic carbocycles. The average Bonchev–Trinajstić information content (AvgIpc) is 2.54. The summed E-state index contributed by atoms with van der Waals surface area (Å²) in [6, 6.07) is 6.60. The third-order valence-corrected chi connectivity index (χ3v) is 3.96. The lowest BCUT2D eigenvalue weighted by molar-refractivity contribution is -0.130. The number of nitrogens with one attached hydrogen (secondary N) is 1. The first kappa shape index (κ1) is 17.6. The van der Waals surface area contributed by atoms with Crippen molar-refractivity contribution in [3.63, 3.8) is 0 Å². The number of halogens is 1. The van der Waals surface area contributed by atoms with Gasteiger partial charge in [-0.1, -0.05) is 23.7 Å². The van der Waals surface area contributed by atoms with Crippen molar-refractivity contribution < 1.29 is 14.3 Å². The Labute approximate surface area is 141 Å². The number of urea groups is 1. The maximum atomic E-state index is 12.3. The lowest BCUT2D eigenvalue weighted by Crippen LogP contribution is -2.52. The summed E-state index contributed by atoms with van der Waals surface area (Å²) in [5.74, 6) is -0.141. The van der Waals surface area contributed by atoms with Crippen LogP contribution in [-0.2, 0) is 9.53 Å². The number of likely N-dealkylation sites (N-methyl/N-ethyl adjacent to an activating group) is 1. The minimum atomic E-state index is -0.565. The SMILES string of the molecule is C[C@H](NC(=O)N1CCO[C@@H](c2cccc(Cl)c2)C1)C(=O)N(C)C. The van der Waals surface area contributed by atoms with Crippen molar-refractivity contribution in [2.45, 2.75) is 19.1 Å². The van der Waals surface area contributed by atoms with E-state index in [1.54, 1.807) is 32.0 Å². The molecule has 1 aliphatic heterocycles. The van der Waals surface area contributed by atoms with Gasteiger partial charge in [-0.25, -0.2) is 4.79 Å². The second kappa shape index (κ2) is 7.66. The number of hydrogen-bond acceptors (Lipinski definition) is 3. The van der Waals surface area contributed by atoms with Gasteiger partial charge in [-0.2, -0.15) is 0 Å². The standard InChI is InChI=1S/C16H22ClN3O3/c1-11(15(21)19(2)3)18-16(22)20-7-8-23-14(10-20)12-5-4-6-13(17)9-12/h4-6,9,11,14H,7-8,10H2,1-3H3,(H,18,22)/t11-,14+/m0/s1. The molecule has 1 aliphatic rings. The van der Waals surface area contributed by atoms with Crippen molar-refractivity contribution >= 4 is 23.5 Å². The van der Waals surface area contributed by atoms with E-state index in [2.05, 4.69) is 5.32 Å². The predicted octanol–water partition coefficient (Wildman–Crippen LogP) is 1.90. The first-order chi connectivity index (χ1) is 10.9. The Kier molecular flexibility index (Phi) is 5.85. The van der Waals surface area contributed by atoms with Crippen LogP contribution in [0.2, 0.25) is 5.02 Å². The molecule has 2 atom stereocenters. The van der Waals surface area contributed by atoms with Crippen LogP contribution in [0, 0.1) is 0 Å². The summed E-state index contributed by atoms with van der Waals surface area (Å²) < 4.78 is 5.73.